The van der Waals surface area contributed by atoms with Crippen LogP contribution in [0.2, 0.25) is 0 Å². The lowest BCUT2D eigenvalue weighted by Gasteiger charge is -2.13. The molecule has 1 aliphatic rings. The molecule has 1 heterocycles. The van der Waals surface area contributed by atoms with Crippen molar-refractivity contribution in [2.45, 2.75) is 38.6 Å². The Kier molecular flexibility index (Phi) is 4.15. The largest absolute Gasteiger partial charge is 0.324 e. The van der Waals surface area contributed by atoms with E-state index in [0.29, 0.717) is 12.6 Å². The van der Waals surface area contributed by atoms with Crippen molar-refractivity contribution in [1.82, 2.24) is 10.3 Å². The fourth-order valence-corrected chi connectivity index (χ4v) is 2.97. The molecule has 1 aromatic heterocycles. The molecule has 21 heavy (non-hydrogen) atoms. The third-order valence-corrected chi connectivity index (χ3v) is 4.02. The first-order valence-electron chi connectivity index (χ1n) is 7.62. The van der Waals surface area contributed by atoms with Gasteiger partial charge in [-0.25, -0.2) is 0 Å². The Balaban J connectivity index is 1.70. The third-order valence-electron chi connectivity index (χ3n) is 4.02. The Morgan fingerprint density at radius 3 is 2.86 bits per heavy atom. The van der Waals surface area contributed by atoms with E-state index in [1.165, 1.54) is 25.7 Å². The number of nitrogens with zero attached hydrogens (tertiary/aromatic N) is 1. The van der Waals surface area contributed by atoms with E-state index in [4.69, 9.17) is 0 Å². The number of nitrogens with one attached hydrogen (secondary N) is 2. The van der Waals surface area contributed by atoms with Crippen LogP contribution in [0.25, 0.3) is 10.9 Å². The van der Waals surface area contributed by atoms with Crippen LogP contribution < -0.4 is 10.6 Å². The van der Waals surface area contributed by atoms with Gasteiger partial charge in [-0.2, -0.15) is 0 Å². The fourth-order valence-electron chi connectivity index (χ4n) is 2.97. The van der Waals surface area contributed by atoms with Crippen LogP contribution in [0.15, 0.2) is 30.3 Å². The van der Waals surface area contributed by atoms with Crippen molar-refractivity contribution in [3.8, 4) is 0 Å². The first kappa shape index (κ1) is 14.0. The van der Waals surface area contributed by atoms with Crippen molar-refractivity contribution >= 4 is 22.5 Å². The quantitative estimate of drug-likeness (QED) is 0.907. The molecule has 0 saturated heterocycles. The maximum atomic E-state index is 12.1. The van der Waals surface area contributed by atoms with Gasteiger partial charge in [-0.05, 0) is 31.9 Å². The third kappa shape index (κ3) is 3.39. The van der Waals surface area contributed by atoms with Crippen LogP contribution in [0.1, 0.15) is 31.4 Å². The Labute approximate surface area is 125 Å². The van der Waals surface area contributed by atoms with Gasteiger partial charge in [-0.15, -0.1) is 0 Å². The number of rotatable bonds is 4. The number of amides is 1. The van der Waals surface area contributed by atoms with E-state index in [0.717, 1.165) is 22.3 Å². The summed E-state index contributed by atoms with van der Waals surface area (Å²) in [5.74, 6) is 0.0117. The summed E-state index contributed by atoms with van der Waals surface area (Å²) < 4.78 is 0. The molecule has 4 heteroatoms. The summed E-state index contributed by atoms with van der Waals surface area (Å²) in [5, 5.41) is 7.33. The number of para-hydroxylation sites is 1. The summed E-state index contributed by atoms with van der Waals surface area (Å²) >= 11 is 0. The van der Waals surface area contributed by atoms with Crippen LogP contribution in [0.4, 0.5) is 5.69 Å². The summed E-state index contributed by atoms with van der Waals surface area (Å²) in [6, 6.07) is 10.3. The predicted molar refractivity (Wildman–Crippen MR) is 85.4 cm³/mol. The van der Waals surface area contributed by atoms with E-state index in [2.05, 4.69) is 15.6 Å². The normalized spacial score (nSPS) is 15.5. The molecule has 1 saturated carbocycles. The molecule has 0 radical (unpaired) electrons. The van der Waals surface area contributed by atoms with E-state index < -0.39 is 0 Å². The first-order valence-corrected chi connectivity index (χ1v) is 7.62. The van der Waals surface area contributed by atoms with E-state index in [-0.39, 0.29) is 5.91 Å². The maximum Gasteiger partial charge on any atom is 0.238 e. The lowest BCUT2D eigenvalue weighted by Crippen LogP contribution is -2.34. The number of aromatic nitrogens is 1. The molecule has 4 nitrogen and oxygen atoms in total. The molecule has 2 aromatic rings. The van der Waals surface area contributed by atoms with E-state index in [9.17, 15) is 4.79 Å². The highest BCUT2D eigenvalue weighted by Gasteiger charge is 2.15. The van der Waals surface area contributed by atoms with Gasteiger partial charge in [0.25, 0.3) is 0 Å². The lowest BCUT2D eigenvalue weighted by atomic mass is 10.1. The molecule has 110 valence electrons. The zero-order valence-corrected chi connectivity index (χ0v) is 12.4. The van der Waals surface area contributed by atoms with Gasteiger partial charge in [0.15, 0.2) is 0 Å². The minimum atomic E-state index is 0.0117. The van der Waals surface area contributed by atoms with Crippen LogP contribution >= 0.6 is 0 Å². The molecule has 1 aromatic carbocycles. The van der Waals surface area contributed by atoms with Gasteiger partial charge in [0.2, 0.25) is 5.91 Å². The number of pyridine rings is 1. The highest BCUT2D eigenvalue weighted by Crippen LogP contribution is 2.23. The van der Waals surface area contributed by atoms with Crippen LogP contribution in [-0.4, -0.2) is 23.5 Å². The van der Waals surface area contributed by atoms with Gasteiger partial charge < -0.3 is 10.6 Å². The van der Waals surface area contributed by atoms with Crippen molar-refractivity contribution in [1.29, 1.82) is 0 Å². The molecule has 0 atom stereocenters. The second kappa shape index (κ2) is 6.22. The summed E-state index contributed by atoms with van der Waals surface area (Å²) in [7, 11) is 0. The predicted octanol–water partition coefficient (Wildman–Crippen LogP) is 3.01. The maximum absolute atomic E-state index is 12.1. The van der Waals surface area contributed by atoms with Crippen molar-refractivity contribution < 1.29 is 4.79 Å². The van der Waals surface area contributed by atoms with Gasteiger partial charge in [0, 0.05) is 17.1 Å². The highest BCUT2D eigenvalue weighted by atomic mass is 16.1. The molecule has 1 aliphatic carbocycles. The Morgan fingerprint density at radius 2 is 2.05 bits per heavy atom. The smallest absolute Gasteiger partial charge is 0.238 e. The topological polar surface area (TPSA) is 54.0 Å². The summed E-state index contributed by atoms with van der Waals surface area (Å²) in [6.07, 6.45) is 4.91. The van der Waals surface area contributed by atoms with Gasteiger partial charge in [-0.3, -0.25) is 9.78 Å². The van der Waals surface area contributed by atoms with Gasteiger partial charge >= 0.3 is 0 Å². The molecule has 0 spiro atoms. The molecular formula is C17H21N3O. The Hall–Kier alpha value is -1.94. The van der Waals surface area contributed by atoms with E-state index in [1.807, 2.05) is 37.3 Å². The number of anilines is 1. The Bertz CT molecular complexity index is 648. The van der Waals surface area contributed by atoms with Crippen LogP contribution in [-0.2, 0) is 4.79 Å². The zero-order valence-electron chi connectivity index (χ0n) is 12.4. The van der Waals surface area contributed by atoms with Gasteiger partial charge in [0.05, 0.1) is 17.7 Å². The highest BCUT2D eigenvalue weighted by molar-refractivity contribution is 6.01. The molecule has 0 unspecified atom stereocenters. The summed E-state index contributed by atoms with van der Waals surface area (Å²) in [6.45, 7) is 2.32. The number of benzene rings is 1. The zero-order chi connectivity index (χ0) is 14.7. The minimum Gasteiger partial charge on any atom is -0.324 e. The fraction of sp³-hybridized carbons (Fsp3) is 0.412. The molecule has 3 rings (SSSR count). The van der Waals surface area contributed by atoms with Crippen molar-refractivity contribution in [2.75, 3.05) is 11.9 Å². The van der Waals surface area contributed by atoms with Crippen molar-refractivity contribution in [2.24, 2.45) is 0 Å². The number of hydrogen-bond donors (Lipinski definition) is 2. The van der Waals surface area contributed by atoms with E-state index >= 15 is 0 Å². The van der Waals surface area contributed by atoms with Gasteiger partial charge in [0.1, 0.15) is 0 Å². The second-order valence-electron chi connectivity index (χ2n) is 5.74. The monoisotopic (exact) mass is 283 g/mol. The number of carbonyl (C=O) groups is 1. The van der Waals surface area contributed by atoms with Crippen LogP contribution in [0.3, 0.4) is 0 Å². The summed E-state index contributed by atoms with van der Waals surface area (Å²) in [5.41, 5.74) is 2.67. The minimum absolute atomic E-state index is 0.0117. The molecule has 1 fully saturated rings. The number of carbonyl (C=O) groups excluding carboxylic acids is 1. The molecule has 1 amide bonds. The van der Waals surface area contributed by atoms with E-state index in [1.54, 1.807) is 0 Å². The van der Waals surface area contributed by atoms with Gasteiger partial charge in [-0.1, -0.05) is 31.0 Å². The number of hydrogen-bond acceptors (Lipinski definition) is 3. The van der Waals surface area contributed by atoms with Crippen molar-refractivity contribution in [3.63, 3.8) is 0 Å². The standard InChI is InChI=1S/C17H21N3O/c1-12-10-16(14-8-4-5-9-15(14)19-12)20-17(21)11-18-13-6-2-3-7-13/h4-5,8-10,13,18H,2-3,6-7,11H2,1H3,(H,19,20,21). The molecular weight excluding hydrogens is 262 g/mol. The first-order chi connectivity index (χ1) is 10.2. The Morgan fingerprint density at radius 1 is 1.29 bits per heavy atom. The van der Waals surface area contributed by atoms with Crippen LogP contribution in [0, 0.1) is 6.92 Å². The SMILES string of the molecule is Cc1cc(NC(=O)CNC2CCCC2)c2ccccc2n1. The number of aryl methyl sites for hydroxylation is 1. The average molecular weight is 283 g/mol. The second-order valence-corrected chi connectivity index (χ2v) is 5.74. The lowest BCUT2D eigenvalue weighted by molar-refractivity contribution is -0.115. The summed E-state index contributed by atoms with van der Waals surface area (Å²) in [4.78, 5) is 16.6. The van der Waals surface area contributed by atoms with Crippen molar-refractivity contribution in [3.05, 3.63) is 36.0 Å². The average Bonchev–Trinajstić information content (AvgIpc) is 2.98. The molecule has 0 aliphatic heterocycles. The number of fused-ring (bicyclic) bond motifs is 1. The molecule has 2 N–H and O–H groups in total. The molecule has 0 bridgehead atoms. The van der Waals surface area contributed by atoms with Crippen LogP contribution in [0.5, 0.6) is 0 Å².